The van der Waals surface area contributed by atoms with Gasteiger partial charge in [0, 0.05) is 7.05 Å². The molecule has 1 aromatic heterocycles. The molecule has 0 aliphatic carbocycles. The van der Waals surface area contributed by atoms with Crippen molar-refractivity contribution >= 4 is 10.0 Å². The number of hydrogen-bond acceptors (Lipinski definition) is 4. The predicted octanol–water partition coefficient (Wildman–Crippen LogP) is 2.21. The normalized spacial score (nSPS) is 12.0. The van der Waals surface area contributed by atoms with E-state index < -0.39 is 10.0 Å². The minimum atomic E-state index is -3.63. The number of aliphatic hydroxyl groups is 1. The molecule has 0 fully saturated rings. The molecule has 1 heterocycles. The highest BCUT2D eigenvalue weighted by Crippen LogP contribution is 2.23. The Hall–Kier alpha value is -1.63. The Labute approximate surface area is 124 Å². The first kappa shape index (κ1) is 15.8. The smallest absolute Gasteiger partial charge is 0.243 e. The monoisotopic (exact) mass is 309 g/mol. The van der Waals surface area contributed by atoms with Crippen LogP contribution in [-0.2, 0) is 23.2 Å². The number of furan rings is 1. The predicted molar refractivity (Wildman–Crippen MR) is 79.2 cm³/mol. The van der Waals surface area contributed by atoms with Gasteiger partial charge in [0.25, 0.3) is 0 Å². The van der Waals surface area contributed by atoms with Crippen LogP contribution in [-0.4, -0.2) is 24.9 Å². The lowest BCUT2D eigenvalue weighted by Gasteiger charge is -2.18. The fourth-order valence-electron chi connectivity index (χ4n) is 2.15. The summed E-state index contributed by atoms with van der Waals surface area (Å²) in [7, 11) is -2.12. The molecule has 5 nitrogen and oxygen atoms in total. The van der Waals surface area contributed by atoms with Crippen molar-refractivity contribution in [3.8, 4) is 0 Å². The molecule has 1 aromatic carbocycles. The van der Waals surface area contributed by atoms with Crippen molar-refractivity contribution in [3.05, 3.63) is 53.0 Å². The van der Waals surface area contributed by atoms with Gasteiger partial charge in [-0.2, -0.15) is 4.31 Å². The average Bonchev–Trinajstić information content (AvgIpc) is 2.84. The topological polar surface area (TPSA) is 70.8 Å². The number of hydrogen-bond donors (Lipinski definition) is 1. The first-order chi connectivity index (χ1) is 9.86. The largest absolute Gasteiger partial charge is 0.465 e. The van der Waals surface area contributed by atoms with E-state index in [1.165, 1.54) is 11.4 Å². The summed E-state index contributed by atoms with van der Waals surface area (Å²) in [6, 6.07) is 8.46. The number of aryl methyl sites for hydroxylation is 1. The molecule has 0 bridgehead atoms. The summed E-state index contributed by atoms with van der Waals surface area (Å²) in [5.74, 6) is 1.34. The zero-order valence-corrected chi connectivity index (χ0v) is 13.1. The summed E-state index contributed by atoms with van der Waals surface area (Å²) in [4.78, 5) is 0.208. The van der Waals surface area contributed by atoms with Crippen LogP contribution in [0.5, 0.6) is 0 Å². The Morgan fingerprint density at radius 1 is 1.19 bits per heavy atom. The molecular formula is C15H19NO4S. The maximum atomic E-state index is 12.6. The molecular weight excluding hydrogens is 290 g/mol. The highest BCUT2D eigenvalue weighted by molar-refractivity contribution is 7.89. The molecule has 0 aliphatic heterocycles. The first-order valence-electron chi connectivity index (χ1n) is 6.57. The van der Waals surface area contributed by atoms with Crippen LogP contribution in [0.4, 0.5) is 0 Å². The third-order valence-corrected chi connectivity index (χ3v) is 5.38. The van der Waals surface area contributed by atoms with E-state index in [-0.39, 0.29) is 18.0 Å². The van der Waals surface area contributed by atoms with Crippen molar-refractivity contribution < 1.29 is 17.9 Å². The molecule has 0 radical (unpaired) electrons. The van der Waals surface area contributed by atoms with E-state index in [1.54, 1.807) is 37.3 Å². The molecule has 0 saturated heterocycles. The van der Waals surface area contributed by atoms with Crippen molar-refractivity contribution in [2.75, 3.05) is 7.05 Å². The zero-order valence-electron chi connectivity index (χ0n) is 12.3. The SMILES string of the molecule is Cc1ccc(CN(C)S(=O)(=O)c2cccc(CO)c2C)o1. The van der Waals surface area contributed by atoms with Gasteiger partial charge in [-0.1, -0.05) is 12.1 Å². The van der Waals surface area contributed by atoms with Gasteiger partial charge in [0.1, 0.15) is 11.5 Å². The van der Waals surface area contributed by atoms with Crippen molar-refractivity contribution in [1.29, 1.82) is 0 Å². The van der Waals surface area contributed by atoms with Crippen molar-refractivity contribution in [2.45, 2.75) is 31.9 Å². The number of sulfonamides is 1. The van der Waals surface area contributed by atoms with E-state index in [1.807, 2.05) is 6.92 Å². The van der Waals surface area contributed by atoms with Crippen molar-refractivity contribution in [2.24, 2.45) is 0 Å². The summed E-state index contributed by atoms with van der Waals surface area (Å²) in [5, 5.41) is 9.26. The van der Waals surface area contributed by atoms with Gasteiger partial charge in [0.15, 0.2) is 0 Å². The maximum absolute atomic E-state index is 12.6. The molecule has 6 heteroatoms. The van der Waals surface area contributed by atoms with E-state index in [9.17, 15) is 13.5 Å². The second kappa shape index (κ2) is 6.01. The molecule has 21 heavy (non-hydrogen) atoms. The summed E-state index contributed by atoms with van der Waals surface area (Å²) < 4.78 is 31.9. The van der Waals surface area contributed by atoms with Gasteiger partial charge in [-0.25, -0.2) is 8.42 Å². The maximum Gasteiger partial charge on any atom is 0.243 e. The fraction of sp³-hybridized carbons (Fsp3) is 0.333. The Bertz CT molecular complexity index is 734. The third-order valence-electron chi connectivity index (χ3n) is 3.43. The van der Waals surface area contributed by atoms with Crippen LogP contribution in [0, 0.1) is 13.8 Å². The summed E-state index contributed by atoms with van der Waals surface area (Å²) in [5.41, 5.74) is 1.18. The van der Waals surface area contributed by atoms with Crippen LogP contribution >= 0.6 is 0 Å². The second-order valence-electron chi connectivity index (χ2n) is 4.97. The Kier molecular flexibility index (Phi) is 4.51. The average molecular weight is 309 g/mol. The molecule has 2 aromatic rings. The lowest BCUT2D eigenvalue weighted by Crippen LogP contribution is -2.27. The van der Waals surface area contributed by atoms with Crippen LogP contribution in [0.3, 0.4) is 0 Å². The van der Waals surface area contributed by atoms with Gasteiger partial charge in [0.05, 0.1) is 18.0 Å². The van der Waals surface area contributed by atoms with Gasteiger partial charge >= 0.3 is 0 Å². The van der Waals surface area contributed by atoms with Gasteiger partial charge in [-0.15, -0.1) is 0 Å². The van der Waals surface area contributed by atoms with E-state index in [0.29, 0.717) is 16.9 Å². The molecule has 0 unspecified atom stereocenters. The van der Waals surface area contributed by atoms with Gasteiger partial charge in [-0.05, 0) is 43.2 Å². The van der Waals surface area contributed by atoms with Crippen molar-refractivity contribution in [1.82, 2.24) is 4.31 Å². The number of nitrogens with zero attached hydrogens (tertiary/aromatic N) is 1. The molecule has 1 N–H and O–H groups in total. The molecule has 0 amide bonds. The molecule has 2 rings (SSSR count). The number of aliphatic hydroxyl groups excluding tert-OH is 1. The Balaban J connectivity index is 2.33. The Morgan fingerprint density at radius 3 is 2.48 bits per heavy atom. The highest BCUT2D eigenvalue weighted by atomic mass is 32.2. The standard InChI is InChI=1S/C15H19NO4S/c1-11-7-8-14(20-11)9-16(3)21(18,19)15-6-4-5-13(10-17)12(15)2/h4-8,17H,9-10H2,1-3H3. The van der Waals surface area contributed by atoms with Crippen LogP contribution in [0.1, 0.15) is 22.6 Å². The highest BCUT2D eigenvalue weighted by Gasteiger charge is 2.24. The van der Waals surface area contributed by atoms with Gasteiger partial charge in [-0.3, -0.25) is 0 Å². The Morgan fingerprint density at radius 2 is 1.90 bits per heavy atom. The van der Waals surface area contributed by atoms with Crippen LogP contribution in [0.25, 0.3) is 0 Å². The molecule has 114 valence electrons. The van der Waals surface area contributed by atoms with Crippen LogP contribution in [0.2, 0.25) is 0 Å². The molecule has 0 saturated carbocycles. The first-order valence-corrected chi connectivity index (χ1v) is 8.01. The van der Waals surface area contributed by atoms with Crippen LogP contribution < -0.4 is 0 Å². The minimum Gasteiger partial charge on any atom is -0.465 e. The number of benzene rings is 1. The zero-order chi connectivity index (χ0) is 15.6. The lowest BCUT2D eigenvalue weighted by molar-refractivity contribution is 0.280. The number of rotatable bonds is 5. The van der Waals surface area contributed by atoms with E-state index in [4.69, 9.17) is 4.42 Å². The van der Waals surface area contributed by atoms with E-state index in [0.717, 1.165) is 5.76 Å². The minimum absolute atomic E-state index is 0.166. The van der Waals surface area contributed by atoms with E-state index >= 15 is 0 Å². The van der Waals surface area contributed by atoms with Crippen molar-refractivity contribution in [3.63, 3.8) is 0 Å². The second-order valence-corrected chi connectivity index (χ2v) is 6.99. The lowest BCUT2D eigenvalue weighted by atomic mass is 10.1. The molecule has 0 aliphatic rings. The summed E-state index contributed by atoms with van der Waals surface area (Å²) in [6.45, 7) is 3.49. The summed E-state index contributed by atoms with van der Waals surface area (Å²) >= 11 is 0. The fourth-order valence-corrected chi connectivity index (χ4v) is 3.55. The van der Waals surface area contributed by atoms with E-state index in [2.05, 4.69) is 0 Å². The molecule has 0 spiro atoms. The van der Waals surface area contributed by atoms with Crippen LogP contribution in [0.15, 0.2) is 39.6 Å². The summed E-state index contributed by atoms with van der Waals surface area (Å²) in [6.07, 6.45) is 0. The van der Waals surface area contributed by atoms with Gasteiger partial charge < -0.3 is 9.52 Å². The third kappa shape index (κ3) is 3.18. The van der Waals surface area contributed by atoms with Gasteiger partial charge in [0.2, 0.25) is 10.0 Å². The quantitative estimate of drug-likeness (QED) is 0.919. The molecule has 0 atom stereocenters.